The number of nitrogens with zero attached hydrogens (tertiary/aromatic N) is 1. The number of hydrogen-bond donors (Lipinski definition) is 1. The van der Waals surface area contributed by atoms with Gasteiger partial charge in [-0.3, -0.25) is 9.69 Å². The third-order valence-electron chi connectivity index (χ3n) is 5.78. The molecule has 0 saturated carbocycles. The van der Waals surface area contributed by atoms with Crippen LogP contribution in [0, 0.1) is 20.8 Å². The lowest BCUT2D eigenvalue weighted by atomic mass is 10.0. The summed E-state index contributed by atoms with van der Waals surface area (Å²) in [4.78, 5) is 15.4. The minimum atomic E-state index is -0.203. The van der Waals surface area contributed by atoms with Gasteiger partial charge in [-0.1, -0.05) is 35.9 Å². The highest BCUT2D eigenvalue weighted by molar-refractivity contribution is 6.31. The topological polar surface area (TPSA) is 54.7 Å². The van der Waals surface area contributed by atoms with Crippen molar-refractivity contribution in [1.82, 2.24) is 10.2 Å². The van der Waals surface area contributed by atoms with Gasteiger partial charge in [0.05, 0.1) is 19.3 Å². The molecule has 158 valence electrons. The second-order valence-electron chi connectivity index (χ2n) is 7.91. The molecule has 0 radical (unpaired) electrons. The number of hydrogen-bond acceptors (Lipinski definition) is 4. The number of morpholine rings is 1. The molecule has 0 aliphatic carbocycles. The summed E-state index contributed by atoms with van der Waals surface area (Å²) in [7, 11) is 0. The van der Waals surface area contributed by atoms with Crippen molar-refractivity contribution in [2.24, 2.45) is 0 Å². The van der Waals surface area contributed by atoms with Crippen LogP contribution in [0.5, 0.6) is 0 Å². The van der Waals surface area contributed by atoms with E-state index in [1.54, 1.807) is 0 Å². The van der Waals surface area contributed by atoms with Crippen molar-refractivity contribution in [3.8, 4) is 0 Å². The fourth-order valence-corrected chi connectivity index (χ4v) is 4.61. The van der Waals surface area contributed by atoms with Crippen molar-refractivity contribution in [1.29, 1.82) is 0 Å². The molecule has 5 nitrogen and oxygen atoms in total. The molecular formula is C24H27ClN2O3. The summed E-state index contributed by atoms with van der Waals surface area (Å²) in [5, 5.41) is 4.80. The summed E-state index contributed by atoms with van der Waals surface area (Å²) in [6, 6.07) is 11.9. The lowest BCUT2D eigenvalue weighted by Gasteiger charge is -2.35. The number of amides is 1. The van der Waals surface area contributed by atoms with Crippen molar-refractivity contribution >= 4 is 28.5 Å². The van der Waals surface area contributed by atoms with Crippen LogP contribution in [0.25, 0.3) is 11.0 Å². The highest BCUT2D eigenvalue weighted by Gasteiger charge is 2.26. The lowest BCUT2D eigenvalue weighted by Crippen LogP contribution is -2.44. The van der Waals surface area contributed by atoms with E-state index in [4.69, 9.17) is 20.8 Å². The molecule has 0 bridgehead atoms. The van der Waals surface area contributed by atoms with Gasteiger partial charge in [0.2, 0.25) is 0 Å². The summed E-state index contributed by atoms with van der Waals surface area (Å²) >= 11 is 6.49. The number of fused-ring (bicyclic) bond motifs is 1. The Balaban J connectivity index is 1.58. The maximum atomic E-state index is 13.1. The lowest BCUT2D eigenvalue weighted by molar-refractivity contribution is 0.0162. The normalized spacial score (nSPS) is 16.0. The third kappa shape index (κ3) is 4.10. The number of halogens is 1. The summed E-state index contributed by atoms with van der Waals surface area (Å²) in [5.41, 5.74) is 4.88. The number of carbonyl (C=O) groups excluding carboxylic acids is 1. The second-order valence-corrected chi connectivity index (χ2v) is 8.31. The Labute approximate surface area is 181 Å². The quantitative estimate of drug-likeness (QED) is 0.635. The highest BCUT2D eigenvalue weighted by atomic mass is 35.5. The van der Waals surface area contributed by atoms with E-state index in [2.05, 4.69) is 16.3 Å². The fraction of sp³-hybridized carbons (Fsp3) is 0.375. The Morgan fingerprint density at radius 3 is 2.63 bits per heavy atom. The van der Waals surface area contributed by atoms with Gasteiger partial charge in [0.15, 0.2) is 5.76 Å². The first-order valence-electron chi connectivity index (χ1n) is 10.3. The van der Waals surface area contributed by atoms with Crippen LogP contribution >= 0.6 is 11.6 Å². The molecule has 6 heteroatoms. The average molecular weight is 427 g/mol. The van der Waals surface area contributed by atoms with Gasteiger partial charge in [0.1, 0.15) is 5.58 Å². The molecule has 1 atom stereocenters. The Morgan fingerprint density at radius 2 is 1.90 bits per heavy atom. The summed E-state index contributed by atoms with van der Waals surface area (Å²) in [5.74, 6) is 0.171. The fourth-order valence-electron chi connectivity index (χ4n) is 4.35. The monoisotopic (exact) mass is 426 g/mol. The van der Waals surface area contributed by atoms with Crippen LogP contribution in [0.2, 0.25) is 5.02 Å². The molecule has 2 heterocycles. The predicted molar refractivity (Wildman–Crippen MR) is 119 cm³/mol. The minimum Gasteiger partial charge on any atom is -0.451 e. The summed E-state index contributed by atoms with van der Waals surface area (Å²) < 4.78 is 11.5. The first kappa shape index (κ1) is 20.9. The van der Waals surface area contributed by atoms with Gasteiger partial charge >= 0.3 is 0 Å². The van der Waals surface area contributed by atoms with E-state index >= 15 is 0 Å². The van der Waals surface area contributed by atoms with Crippen LogP contribution in [0.4, 0.5) is 0 Å². The second kappa shape index (κ2) is 8.80. The molecule has 2 aromatic carbocycles. The van der Waals surface area contributed by atoms with Gasteiger partial charge in [-0.05, 0) is 49.6 Å². The zero-order chi connectivity index (χ0) is 21.3. The van der Waals surface area contributed by atoms with Crippen molar-refractivity contribution in [2.75, 3.05) is 32.8 Å². The summed E-state index contributed by atoms with van der Waals surface area (Å²) in [6.07, 6.45) is 0. The van der Waals surface area contributed by atoms with E-state index < -0.39 is 0 Å². The van der Waals surface area contributed by atoms with Gasteiger partial charge in [0.25, 0.3) is 5.91 Å². The molecule has 1 aromatic heterocycles. The standard InChI is InChI=1S/C24H27ClN2O3/c1-15-12-16(2)22-17(3)23(30-21(22)13-15)24(28)26-14-20(27-8-10-29-11-9-27)18-6-4-5-7-19(18)25/h4-7,12-13,20H,8-11,14H2,1-3H3,(H,26,28). The van der Waals surface area contributed by atoms with Crippen molar-refractivity contribution in [3.63, 3.8) is 0 Å². The molecule has 1 aliphatic heterocycles. The Morgan fingerprint density at radius 1 is 1.17 bits per heavy atom. The summed E-state index contributed by atoms with van der Waals surface area (Å²) in [6.45, 7) is 9.41. The van der Waals surface area contributed by atoms with Crippen LogP contribution in [0.3, 0.4) is 0 Å². The number of rotatable bonds is 5. The van der Waals surface area contributed by atoms with Gasteiger partial charge in [-0.25, -0.2) is 0 Å². The number of carbonyl (C=O) groups is 1. The predicted octanol–water partition coefficient (Wildman–Crippen LogP) is 4.81. The minimum absolute atomic E-state index is 0.0276. The first-order valence-corrected chi connectivity index (χ1v) is 10.7. The number of benzene rings is 2. The van der Waals surface area contributed by atoms with E-state index in [0.717, 1.165) is 46.3 Å². The maximum absolute atomic E-state index is 13.1. The first-order chi connectivity index (χ1) is 14.5. The number of furan rings is 1. The van der Waals surface area contributed by atoms with Crippen molar-refractivity contribution in [3.05, 3.63) is 69.4 Å². The molecular weight excluding hydrogens is 400 g/mol. The number of nitrogens with one attached hydrogen (secondary N) is 1. The molecule has 1 N–H and O–H groups in total. The van der Waals surface area contributed by atoms with E-state index in [1.807, 2.05) is 51.1 Å². The molecule has 0 spiro atoms. The van der Waals surface area contributed by atoms with E-state index in [0.29, 0.717) is 30.5 Å². The van der Waals surface area contributed by atoms with Crippen LogP contribution in [0.1, 0.15) is 38.9 Å². The van der Waals surface area contributed by atoms with E-state index in [9.17, 15) is 4.79 Å². The maximum Gasteiger partial charge on any atom is 0.287 e. The molecule has 30 heavy (non-hydrogen) atoms. The average Bonchev–Trinajstić information content (AvgIpc) is 3.06. The Bertz CT molecular complexity index is 1070. The van der Waals surface area contributed by atoms with Gasteiger partial charge in [-0.15, -0.1) is 0 Å². The van der Waals surface area contributed by atoms with Gasteiger partial charge < -0.3 is 14.5 Å². The molecule has 1 fully saturated rings. The number of ether oxygens (including phenoxy) is 1. The van der Waals surface area contributed by atoms with E-state index in [-0.39, 0.29) is 11.9 Å². The van der Waals surface area contributed by atoms with E-state index in [1.165, 1.54) is 0 Å². The smallest absolute Gasteiger partial charge is 0.287 e. The number of aryl methyl sites for hydroxylation is 3. The largest absolute Gasteiger partial charge is 0.451 e. The van der Waals surface area contributed by atoms with Gasteiger partial charge in [-0.2, -0.15) is 0 Å². The molecule has 1 saturated heterocycles. The third-order valence-corrected chi connectivity index (χ3v) is 6.13. The van der Waals surface area contributed by atoms with Crippen LogP contribution in [-0.2, 0) is 4.74 Å². The Hall–Kier alpha value is -2.34. The molecule has 1 unspecified atom stereocenters. The van der Waals surface area contributed by atoms with Crippen LogP contribution in [-0.4, -0.2) is 43.7 Å². The molecule has 4 rings (SSSR count). The Kier molecular flexibility index (Phi) is 6.14. The van der Waals surface area contributed by atoms with Crippen molar-refractivity contribution in [2.45, 2.75) is 26.8 Å². The SMILES string of the molecule is Cc1cc(C)c2c(C)c(C(=O)NCC(c3ccccc3Cl)N3CCOCC3)oc2c1. The van der Waals surface area contributed by atoms with Crippen LogP contribution < -0.4 is 5.32 Å². The molecule has 1 amide bonds. The molecule has 1 aliphatic rings. The van der Waals surface area contributed by atoms with Crippen LogP contribution in [0.15, 0.2) is 40.8 Å². The molecule has 3 aromatic rings. The van der Waals surface area contributed by atoms with Gasteiger partial charge in [0, 0.05) is 35.6 Å². The van der Waals surface area contributed by atoms with Crippen molar-refractivity contribution < 1.29 is 13.9 Å². The zero-order valence-corrected chi connectivity index (χ0v) is 18.4. The zero-order valence-electron chi connectivity index (χ0n) is 17.6. The highest BCUT2D eigenvalue weighted by Crippen LogP contribution is 2.30.